The minimum absolute atomic E-state index is 0.248. The van der Waals surface area contributed by atoms with Crippen molar-refractivity contribution in [2.24, 2.45) is 0 Å². The van der Waals surface area contributed by atoms with E-state index in [9.17, 15) is 9.59 Å². The number of methoxy groups -OCH3 is 1. The van der Waals surface area contributed by atoms with Gasteiger partial charge in [0.25, 0.3) is 5.91 Å². The van der Waals surface area contributed by atoms with Crippen molar-refractivity contribution in [3.63, 3.8) is 0 Å². The molecule has 0 bridgehead atoms. The molecule has 0 spiro atoms. The number of aryl methyl sites for hydroxylation is 1. The standard InChI is InChI=1S/C23H20ClNO5/c1-15-13-17(24)5-12-21(15)29-14-22(26)30-20-8-3-16(4-9-20)23(27)25-18-6-10-19(28-2)11-7-18/h3-13H,14H2,1-2H3,(H,25,27). The average Bonchev–Trinajstić information content (AvgIpc) is 2.74. The van der Waals surface area contributed by atoms with Crippen LogP contribution in [0.25, 0.3) is 0 Å². The van der Waals surface area contributed by atoms with Crippen molar-refractivity contribution in [2.45, 2.75) is 6.92 Å². The summed E-state index contributed by atoms with van der Waals surface area (Å²) < 4.78 is 15.8. The van der Waals surface area contributed by atoms with Crippen LogP contribution in [0.1, 0.15) is 15.9 Å². The van der Waals surface area contributed by atoms with Gasteiger partial charge in [0.15, 0.2) is 6.61 Å². The van der Waals surface area contributed by atoms with E-state index in [1.807, 2.05) is 6.92 Å². The van der Waals surface area contributed by atoms with Crippen LogP contribution in [0.2, 0.25) is 5.02 Å². The number of halogens is 1. The van der Waals surface area contributed by atoms with E-state index in [0.29, 0.717) is 33.5 Å². The maximum Gasteiger partial charge on any atom is 0.349 e. The second kappa shape index (κ2) is 9.80. The number of carbonyl (C=O) groups is 2. The Morgan fingerprint density at radius 1 is 0.933 bits per heavy atom. The Balaban J connectivity index is 1.52. The van der Waals surface area contributed by atoms with Gasteiger partial charge in [0.2, 0.25) is 0 Å². The fourth-order valence-corrected chi connectivity index (χ4v) is 2.85. The molecule has 0 fully saturated rings. The second-order valence-corrected chi connectivity index (χ2v) is 6.82. The minimum Gasteiger partial charge on any atom is -0.497 e. The number of benzene rings is 3. The van der Waals surface area contributed by atoms with Crippen LogP contribution in [0, 0.1) is 6.92 Å². The van der Waals surface area contributed by atoms with Gasteiger partial charge in [-0.15, -0.1) is 0 Å². The van der Waals surface area contributed by atoms with Crippen LogP contribution < -0.4 is 19.5 Å². The largest absolute Gasteiger partial charge is 0.497 e. The highest BCUT2D eigenvalue weighted by molar-refractivity contribution is 6.30. The predicted octanol–water partition coefficient (Wildman–Crippen LogP) is 4.89. The minimum atomic E-state index is -0.556. The summed E-state index contributed by atoms with van der Waals surface area (Å²) in [4.78, 5) is 24.4. The zero-order valence-corrected chi connectivity index (χ0v) is 17.2. The molecule has 0 atom stereocenters. The van der Waals surface area contributed by atoms with Crippen molar-refractivity contribution in [3.05, 3.63) is 82.9 Å². The summed E-state index contributed by atoms with van der Waals surface area (Å²) in [6, 6.07) is 18.4. The Morgan fingerprint density at radius 2 is 1.60 bits per heavy atom. The molecule has 3 rings (SSSR count). The lowest BCUT2D eigenvalue weighted by atomic mass is 10.2. The monoisotopic (exact) mass is 425 g/mol. The fraction of sp³-hybridized carbons (Fsp3) is 0.130. The molecule has 30 heavy (non-hydrogen) atoms. The molecular weight excluding hydrogens is 406 g/mol. The van der Waals surface area contributed by atoms with E-state index in [1.165, 1.54) is 0 Å². The van der Waals surface area contributed by atoms with Crippen molar-refractivity contribution in [1.29, 1.82) is 0 Å². The molecule has 1 N–H and O–H groups in total. The normalized spacial score (nSPS) is 10.2. The highest BCUT2D eigenvalue weighted by atomic mass is 35.5. The molecule has 0 heterocycles. The fourth-order valence-electron chi connectivity index (χ4n) is 2.62. The first kappa shape index (κ1) is 21.2. The van der Waals surface area contributed by atoms with Crippen molar-refractivity contribution < 1.29 is 23.8 Å². The van der Waals surface area contributed by atoms with Crippen LogP contribution in [-0.4, -0.2) is 25.6 Å². The van der Waals surface area contributed by atoms with E-state index in [-0.39, 0.29) is 12.5 Å². The van der Waals surface area contributed by atoms with Crippen LogP contribution >= 0.6 is 11.6 Å². The molecule has 3 aromatic rings. The van der Waals surface area contributed by atoms with E-state index in [2.05, 4.69) is 5.32 Å². The quantitative estimate of drug-likeness (QED) is 0.430. The lowest BCUT2D eigenvalue weighted by Crippen LogP contribution is -2.18. The first-order valence-corrected chi connectivity index (χ1v) is 9.47. The molecule has 0 saturated heterocycles. The highest BCUT2D eigenvalue weighted by Gasteiger charge is 2.10. The summed E-state index contributed by atoms with van der Waals surface area (Å²) in [5, 5.41) is 3.38. The number of carbonyl (C=O) groups excluding carboxylic acids is 2. The molecule has 1 amide bonds. The Morgan fingerprint density at radius 3 is 2.23 bits per heavy atom. The van der Waals surface area contributed by atoms with Gasteiger partial charge in [-0.25, -0.2) is 4.79 Å². The van der Waals surface area contributed by atoms with Crippen molar-refractivity contribution >= 4 is 29.2 Å². The maximum absolute atomic E-state index is 12.3. The third-order valence-corrected chi connectivity index (χ3v) is 4.41. The summed E-state index contributed by atoms with van der Waals surface area (Å²) in [6.07, 6.45) is 0. The first-order valence-electron chi connectivity index (χ1n) is 9.09. The lowest BCUT2D eigenvalue weighted by Gasteiger charge is -2.10. The zero-order chi connectivity index (χ0) is 21.5. The zero-order valence-electron chi connectivity index (χ0n) is 16.5. The third kappa shape index (κ3) is 5.75. The maximum atomic E-state index is 12.3. The summed E-state index contributed by atoms with van der Waals surface area (Å²) in [5.41, 5.74) is 1.90. The highest BCUT2D eigenvalue weighted by Crippen LogP contribution is 2.22. The van der Waals surface area contributed by atoms with E-state index < -0.39 is 5.97 Å². The van der Waals surface area contributed by atoms with Gasteiger partial charge < -0.3 is 19.5 Å². The lowest BCUT2D eigenvalue weighted by molar-refractivity contribution is -0.136. The first-order chi connectivity index (χ1) is 14.4. The molecule has 3 aromatic carbocycles. The number of nitrogens with one attached hydrogen (secondary N) is 1. The SMILES string of the molecule is COc1ccc(NC(=O)c2ccc(OC(=O)COc3ccc(Cl)cc3C)cc2)cc1. The van der Waals surface area contributed by atoms with Crippen LogP contribution in [0.15, 0.2) is 66.7 Å². The Labute approximate surface area is 179 Å². The van der Waals surface area contributed by atoms with E-state index in [0.717, 1.165) is 5.56 Å². The molecular formula is C23H20ClNO5. The van der Waals surface area contributed by atoms with Gasteiger partial charge in [0, 0.05) is 16.3 Å². The van der Waals surface area contributed by atoms with E-state index in [1.54, 1.807) is 73.8 Å². The van der Waals surface area contributed by atoms with E-state index in [4.69, 9.17) is 25.8 Å². The molecule has 0 aliphatic rings. The van der Waals surface area contributed by atoms with Gasteiger partial charge in [0.1, 0.15) is 17.2 Å². The average molecular weight is 426 g/mol. The number of esters is 1. The van der Waals surface area contributed by atoms with Crippen molar-refractivity contribution in [3.8, 4) is 17.2 Å². The van der Waals surface area contributed by atoms with Crippen LogP contribution in [0.4, 0.5) is 5.69 Å². The van der Waals surface area contributed by atoms with Crippen molar-refractivity contribution in [1.82, 2.24) is 0 Å². The number of hydrogen-bond acceptors (Lipinski definition) is 5. The number of anilines is 1. The van der Waals surface area contributed by atoms with Crippen molar-refractivity contribution in [2.75, 3.05) is 19.0 Å². The van der Waals surface area contributed by atoms with Gasteiger partial charge in [-0.3, -0.25) is 4.79 Å². The predicted molar refractivity (Wildman–Crippen MR) is 115 cm³/mol. The molecule has 0 aliphatic carbocycles. The number of ether oxygens (including phenoxy) is 3. The van der Waals surface area contributed by atoms with Gasteiger partial charge in [0.05, 0.1) is 7.11 Å². The molecule has 0 saturated carbocycles. The number of rotatable bonds is 7. The van der Waals surface area contributed by atoms with Crippen LogP contribution in [0.5, 0.6) is 17.2 Å². The Bertz CT molecular complexity index is 1030. The molecule has 154 valence electrons. The van der Waals surface area contributed by atoms with E-state index >= 15 is 0 Å². The molecule has 0 radical (unpaired) electrons. The molecule has 6 nitrogen and oxygen atoms in total. The number of amides is 1. The Kier molecular flexibility index (Phi) is 6.93. The van der Waals surface area contributed by atoms with Gasteiger partial charge >= 0.3 is 5.97 Å². The molecule has 7 heteroatoms. The smallest absolute Gasteiger partial charge is 0.349 e. The number of hydrogen-bond donors (Lipinski definition) is 1. The molecule has 0 unspecified atom stereocenters. The molecule has 0 aliphatic heterocycles. The summed E-state index contributed by atoms with van der Waals surface area (Å²) in [5.74, 6) is 0.744. The van der Waals surface area contributed by atoms with Crippen LogP contribution in [-0.2, 0) is 4.79 Å². The van der Waals surface area contributed by atoms with Gasteiger partial charge in [-0.2, -0.15) is 0 Å². The van der Waals surface area contributed by atoms with Crippen LogP contribution in [0.3, 0.4) is 0 Å². The third-order valence-electron chi connectivity index (χ3n) is 4.18. The Hall–Kier alpha value is -3.51. The van der Waals surface area contributed by atoms with Gasteiger partial charge in [-0.1, -0.05) is 11.6 Å². The summed E-state index contributed by atoms with van der Waals surface area (Å²) >= 11 is 5.90. The summed E-state index contributed by atoms with van der Waals surface area (Å²) in [6.45, 7) is 1.59. The topological polar surface area (TPSA) is 73.9 Å². The second-order valence-electron chi connectivity index (χ2n) is 6.38. The van der Waals surface area contributed by atoms with Gasteiger partial charge in [-0.05, 0) is 79.2 Å². The molecule has 0 aromatic heterocycles. The summed E-state index contributed by atoms with van der Waals surface area (Å²) in [7, 11) is 1.58.